The van der Waals surface area contributed by atoms with Crippen molar-refractivity contribution in [2.24, 2.45) is 0 Å². The molecule has 0 spiro atoms. The van der Waals surface area contributed by atoms with Crippen LogP contribution in [0.3, 0.4) is 0 Å². The van der Waals surface area contributed by atoms with Crippen molar-refractivity contribution in [3.8, 4) is 0 Å². The minimum atomic E-state index is -0.309. The number of anilines is 5. The molecule has 1 amide bonds. The molecule has 4 heterocycles. The van der Waals surface area contributed by atoms with Crippen LogP contribution >= 0.6 is 0 Å². The quantitative estimate of drug-likeness (QED) is 0.491. The van der Waals surface area contributed by atoms with Crippen LogP contribution in [0.4, 0.5) is 29.0 Å². The average Bonchev–Trinajstić information content (AvgIpc) is 3.24. The van der Waals surface area contributed by atoms with Gasteiger partial charge in [0.05, 0.1) is 18.2 Å². The van der Waals surface area contributed by atoms with Crippen molar-refractivity contribution in [2.45, 2.75) is 19.4 Å². The molecule has 5 rings (SSSR count). The van der Waals surface area contributed by atoms with Crippen LogP contribution in [0.1, 0.15) is 22.7 Å². The SMILES string of the molecule is Cc1cc(Nc2ncc3c(n2)N(c2cccc(CN(C)C)n2)C[C@H]3C=O)ccc1N1CCN(C)C(=O)C1. The molecular weight excluding hydrogens is 468 g/mol. The number of benzene rings is 1. The summed E-state index contributed by atoms with van der Waals surface area (Å²) in [5.41, 5.74) is 4.71. The molecule has 1 fully saturated rings. The van der Waals surface area contributed by atoms with Crippen molar-refractivity contribution in [3.63, 3.8) is 0 Å². The van der Waals surface area contributed by atoms with E-state index in [0.717, 1.165) is 53.4 Å². The van der Waals surface area contributed by atoms with Crippen molar-refractivity contribution in [1.29, 1.82) is 0 Å². The van der Waals surface area contributed by atoms with Crippen LogP contribution in [-0.2, 0) is 16.1 Å². The van der Waals surface area contributed by atoms with Gasteiger partial charge in [0.15, 0.2) is 0 Å². The number of nitrogens with one attached hydrogen (secondary N) is 1. The highest BCUT2D eigenvalue weighted by Crippen LogP contribution is 2.38. The average molecular weight is 501 g/mol. The van der Waals surface area contributed by atoms with E-state index in [-0.39, 0.29) is 11.8 Å². The second-order valence-corrected chi connectivity index (χ2v) is 9.91. The first kappa shape index (κ1) is 24.6. The number of fused-ring (bicyclic) bond motifs is 1. The van der Waals surface area contributed by atoms with Crippen LogP contribution in [-0.4, -0.2) is 84.3 Å². The van der Waals surface area contributed by atoms with Gasteiger partial charge in [0.2, 0.25) is 11.9 Å². The predicted octanol–water partition coefficient (Wildman–Crippen LogP) is 2.70. The Morgan fingerprint density at radius 1 is 1.16 bits per heavy atom. The third kappa shape index (κ3) is 5.10. The van der Waals surface area contributed by atoms with Gasteiger partial charge < -0.3 is 29.7 Å². The van der Waals surface area contributed by atoms with E-state index in [4.69, 9.17) is 9.97 Å². The van der Waals surface area contributed by atoms with E-state index >= 15 is 0 Å². The Hall–Kier alpha value is -4.05. The van der Waals surface area contributed by atoms with Gasteiger partial charge in [-0.15, -0.1) is 0 Å². The third-order valence-electron chi connectivity index (χ3n) is 6.79. The molecular formula is C27H32N8O2. The molecule has 0 unspecified atom stereocenters. The summed E-state index contributed by atoms with van der Waals surface area (Å²) < 4.78 is 0. The predicted molar refractivity (Wildman–Crippen MR) is 144 cm³/mol. The van der Waals surface area contributed by atoms with Crippen molar-refractivity contribution < 1.29 is 9.59 Å². The number of hydrogen-bond acceptors (Lipinski definition) is 9. The van der Waals surface area contributed by atoms with Crippen molar-refractivity contribution in [2.75, 3.05) is 62.4 Å². The Morgan fingerprint density at radius 2 is 2.00 bits per heavy atom. The first-order valence-electron chi connectivity index (χ1n) is 12.4. The highest BCUT2D eigenvalue weighted by molar-refractivity contribution is 5.83. The van der Waals surface area contributed by atoms with Gasteiger partial charge in [-0.25, -0.2) is 9.97 Å². The third-order valence-corrected chi connectivity index (χ3v) is 6.79. The highest BCUT2D eigenvalue weighted by atomic mass is 16.2. The Bertz CT molecular complexity index is 1330. The zero-order valence-electron chi connectivity index (χ0n) is 21.7. The molecule has 0 bridgehead atoms. The van der Waals surface area contributed by atoms with Crippen LogP contribution in [0, 0.1) is 6.92 Å². The van der Waals surface area contributed by atoms with Gasteiger partial charge in [-0.05, 0) is 56.9 Å². The number of piperazine rings is 1. The van der Waals surface area contributed by atoms with Crippen LogP contribution in [0.2, 0.25) is 0 Å². The Kier molecular flexibility index (Phi) is 6.75. The number of aromatic nitrogens is 3. The fourth-order valence-electron chi connectivity index (χ4n) is 4.83. The maximum Gasteiger partial charge on any atom is 0.241 e. The van der Waals surface area contributed by atoms with E-state index in [1.165, 1.54) is 0 Å². The van der Waals surface area contributed by atoms with Gasteiger partial charge in [-0.3, -0.25) is 4.79 Å². The normalized spacial score (nSPS) is 17.4. The number of carbonyl (C=O) groups is 2. The first-order chi connectivity index (χ1) is 17.8. The van der Waals surface area contributed by atoms with Crippen molar-refractivity contribution in [3.05, 3.63) is 59.4 Å². The molecule has 1 atom stereocenters. The number of pyridine rings is 1. The van der Waals surface area contributed by atoms with Gasteiger partial charge in [-0.2, -0.15) is 4.98 Å². The van der Waals surface area contributed by atoms with Gasteiger partial charge >= 0.3 is 0 Å². The first-order valence-corrected chi connectivity index (χ1v) is 12.4. The number of carbonyl (C=O) groups excluding carboxylic acids is 2. The summed E-state index contributed by atoms with van der Waals surface area (Å²) in [6, 6.07) is 11.9. The molecule has 2 aliphatic rings. The summed E-state index contributed by atoms with van der Waals surface area (Å²) in [7, 11) is 5.85. The number of rotatable bonds is 7. The van der Waals surface area contributed by atoms with Gasteiger partial charge in [-0.1, -0.05) is 6.07 Å². The summed E-state index contributed by atoms with van der Waals surface area (Å²) in [5.74, 6) is 1.71. The zero-order chi connectivity index (χ0) is 26.1. The smallest absolute Gasteiger partial charge is 0.241 e. The van der Waals surface area contributed by atoms with E-state index in [1.54, 1.807) is 11.1 Å². The van der Waals surface area contributed by atoms with Crippen LogP contribution in [0.15, 0.2) is 42.6 Å². The summed E-state index contributed by atoms with van der Waals surface area (Å²) in [6.45, 7) is 5.14. The topological polar surface area (TPSA) is 97.8 Å². The second-order valence-electron chi connectivity index (χ2n) is 9.91. The lowest BCUT2D eigenvalue weighted by Gasteiger charge is -2.34. The van der Waals surface area contributed by atoms with Gasteiger partial charge in [0.25, 0.3) is 0 Å². The molecule has 1 aromatic carbocycles. The molecule has 0 saturated carbocycles. The minimum absolute atomic E-state index is 0.124. The molecule has 1 N–H and O–H groups in total. The van der Waals surface area contributed by atoms with E-state index in [0.29, 0.717) is 31.4 Å². The Morgan fingerprint density at radius 3 is 2.73 bits per heavy atom. The summed E-state index contributed by atoms with van der Waals surface area (Å²) in [5, 5.41) is 3.30. The number of aryl methyl sites for hydroxylation is 1. The van der Waals surface area contributed by atoms with Crippen molar-refractivity contribution >= 4 is 41.2 Å². The van der Waals surface area contributed by atoms with Gasteiger partial charge in [0.1, 0.15) is 17.9 Å². The molecule has 10 nitrogen and oxygen atoms in total. The lowest BCUT2D eigenvalue weighted by Crippen LogP contribution is -2.48. The second kappa shape index (κ2) is 10.1. The van der Waals surface area contributed by atoms with Gasteiger partial charge in [0, 0.05) is 56.4 Å². The maximum absolute atomic E-state index is 12.2. The van der Waals surface area contributed by atoms with Crippen LogP contribution < -0.4 is 15.1 Å². The molecule has 3 aromatic rings. The van der Waals surface area contributed by atoms with Crippen LogP contribution in [0.25, 0.3) is 0 Å². The lowest BCUT2D eigenvalue weighted by atomic mass is 10.1. The summed E-state index contributed by atoms with van der Waals surface area (Å²) >= 11 is 0. The summed E-state index contributed by atoms with van der Waals surface area (Å²) in [6.07, 6.45) is 2.68. The maximum atomic E-state index is 12.2. The zero-order valence-corrected chi connectivity index (χ0v) is 21.7. The number of aldehydes is 1. The monoisotopic (exact) mass is 500 g/mol. The van der Waals surface area contributed by atoms with E-state index in [2.05, 4.69) is 20.1 Å². The number of likely N-dealkylation sites (N-methyl/N-ethyl adjacent to an activating group) is 1. The fraction of sp³-hybridized carbons (Fsp3) is 0.370. The molecule has 10 heteroatoms. The minimum Gasteiger partial charge on any atom is -0.360 e. The molecule has 2 aliphatic heterocycles. The lowest BCUT2D eigenvalue weighted by molar-refractivity contribution is -0.129. The van der Waals surface area contributed by atoms with Crippen molar-refractivity contribution in [1.82, 2.24) is 24.8 Å². The van der Waals surface area contributed by atoms with Crippen LogP contribution in [0.5, 0.6) is 0 Å². The van der Waals surface area contributed by atoms with E-state index in [1.807, 2.05) is 69.4 Å². The number of nitrogens with zero attached hydrogens (tertiary/aromatic N) is 7. The molecule has 0 radical (unpaired) electrons. The highest BCUT2D eigenvalue weighted by Gasteiger charge is 2.32. The van der Waals surface area contributed by atoms with E-state index in [9.17, 15) is 9.59 Å². The number of amides is 1. The van der Waals surface area contributed by atoms with E-state index < -0.39 is 0 Å². The fourth-order valence-corrected chi connectivity index (χ4v) is 4.83. The molecule has 2 aromatic heterocycles. The molecule has 1 saturated heterocycles. The Balaban J connectivity index is 1.39. The largest absolute Gasteiger partial charge is 0.360 e. The standard InChI is InChI=1S/C27H32N8O2/c1-18-12-20(8-9-23(18)34-11-10-33(4)25(37)16-34)30-27-28-13-22-19(17-36)14-35(26(22)31-27)24-7-5-6-21(29-24)15-32(2)3/h5-9,12-13,17,19H,10-11,14-16H2,1-4H3,(H,28,30,31)/t19-/m0/s1. The Labute approximate surface area is 216 Å². The number of hydrogen-bond donors (Lipinski definition) is 1. The molecule has 0 aliphatic carbocycles. The summed E-state index contributed by atoms with van der Waals surface area (Å²) in [4.78, 5) is 46.0. The molecule has 37 heavy (non-hydrogen) atoms. The molecule has 192 valence electrons.